The molecule has 4 heterocycles. The first-order valence-corrected chi connectivity index (χ1v) is 10.3. The molecule has 1 aliphatic heterocycles. The van der Waals surface area contributed by atoms with Gasteiger partial charge < -0.3 is 10.0 Å². The first-order chi connectivity index (χ1) is 15.0. The Hall–Kier alpha value is -3.57. The number of aromatic nitrogens is 5. The van der Waals surface area contributed by atoms with E-state index in [2.05, 4.69) is 36.9 Å². The summed E-state index contributed by atoms with van der Waals surface area (Å²) in [5.41, 5.74) is 2.46. The van der Waals surface area contributed by atoms with E-state index in [1.807, 2.05) is 25.1 Å². The van der Waals surface area contributed by atoms with Crippen LogP contribution in [-0.2, 0) is 6.42 Å². The minimum atomic E-state index is -1.03. The zero-order valence-electron chi connectivity index (χ0n) is 17.3. The Kier molecular flexibility index (Phi) is 4.56. The molecule has 0 radical (unpaired) electrons. The van der Waals surface area contributed by atoms with E-state index >= 15 is 0 Å². The van der Waals surface area contributed by atoms with Gasteiger partial charge in [0.15, 0.2) is 5.65 Å². The molecule has 0 spiro atoms. The molecule has 0 fully saturated rings. The van der Waals surface area contributed by atoms with Crippen molar-refractivity contribution >= 4 is 28.3 Å². The number of aliphatic hydroxyl groups is 1. The van der Waals surface area contributed by atoms with Gasteiger partial charge in [0.1, 0.15) is 23.6 Å². The van der Waals surface area contributed by atoms with Crippen LogP contribution >= 0.6 is 0 Å². The minimum absolute atomic E-state index is 0.406. The van der Waals surface area contributed by atoms with E-state index in [0.717, 1.165) is 36.2 Å². The molecule has 1 aromatic carbocycles. The highest BCUT2D eigenvalue weighted by molar-refractivity contribution is 5.92. The largest absolute Gasteiger partial charge is 0.378 e. The van der Waals surface area contributed by atoms with E-state index in [1.54, 1.807) is 11.3 Å². The number of anilines is 2. The molecule has 8 heteroatoms. The molecule has 156 valence electrons. The van der Waals surface area contributed by atoms with Gasteiger partial charge in [-0.1, -0.05) is 24.8 Å². The molecule has 0 aliphatic carbocycles. The van der Waals surface area contributed by atoms with Gasteiger partial charge in [0.05, 0.1) is 11.6 Å². The van der Waals surface area contributed by atoms with Crippen molar-refractivity contribution in [3.8, 4) is 11.8 Å². The molecule has 0 bridgehead atoms. The highest BCUT2D eigenvalue weighted by atomic mass is 19.1. The number of rotatable bonds is 2. The number of fused-ring (bicyclic) bond motifs is 4. The van der Waals surface area contributed by atoms with Crippen LogP contribution in [0.5, 0.6) is 0 Å². The van der Waals surface area contributed by atoms with Crippen LogP contribution in [0.2, 0.25) is 0 Å². The third-order valence-corrected chi connectivity index (χ3v) is 5.70. The summed E-state index contributed by atoms with van der Waals surface area (Å²) in [7, 11) is 0. The predicted molar refractivity (Wildman–Crippen MR) is 116 cm³/mol. The van der Waals surface area contributed by atoms with E-state index in [0.29, 0.717) is 29.0 Å². The number of hydrogen-bond acceptors (Lipinski definition) is 6. The number of hydrogen-bond donors (Lipinski definition) is 1. The van der Waals surface area contributed by atoms with Gasteiger partial charge in [-0.15, -0.1) is 10.2 Å². The molecule has 1 N–H and O–H groups in total. The second-order valence-corrected chi connectivity index (χ2v) is 7.90. The SMILES string of the molecule is CCC(C)(O)C#Cc1cccc2c1CCCN2c1nc2nncn2c2ncc(F)cc12. The fraction of sp³-hybridized carbons (Fsp3) is 0.304. The fourth-order valence-electron chi connectivity index (χ4n) is 3.86. The zero-order chi connectivity index (χ0) is 21.6. The zero-order valence-corrected chi connectivity index (χ0v) is 17.3. The molecule has 0 saturated heterocycles. The Morgan fingerprint density at radius 2 is 2.19 bits per heavy atom. The van der Waals surface area contributed by atoms with Crippen molar-refractivity contribution in [3.05, 3.63) is 53.7 Å². The Bertz CT molecular complexity index is 1370. The highest BCUT2D eigenvalue weighted by Crippen LogP contribution is 2.37. The number of nitrogens with zero attached hydrogens (tertiary/aromatic N) is 6. The molecule has 1 unspecified atom stereocenters. The average Bonchev–Trinajstić information content (AvgIpc) is 3.25. The summed E-state index contributed by atoms with van der Waals surface area (Å²) < 4.78 is 15.8. The molecule has 7 nitrogen and oxygen atoms in total. The Morgan fingerprint density at radius 3 is 3.03 bits per heavy atom. The van der Waals surface area contributed by atoms with Crippen LogP contribution in [0.25, 0.3) is 16.8 Å². The summed E-state index contributed by atoms with van der Waals surface area (Å²) in [4.78, 5) is 11.0. The maximum Gasteiger partial charge on any atom is 0.258 e. The molecular formula is C23H21FN6O. The van der Waals surface area contributed by atoms with Crippen LogP contribution in [0.4, 0.5) is 15.9 Å². The second kappa shape index (κ2) is 7.29. The van der Waals surface area contributed by atoms with Gasteiger partial charge in [0.25, 0.3) is 5.78 Å². The number of benzene rings is 1. The van der Waals surface area contributed by atoms with Gasteiger partial charge in [-0.25, -0.2) is 13.8 Å². The number of halogens is 1. The smallest absolute Gasteiger partial charge is 0.258 e. The van der Waals surface area contributed by atoms with E-state index in [-0.39, 0.29) is 0 Å². The minimum Gasteiger partial charge on any atom is -0.378 e. The second-order valence-electron chi connectivity index (χ2n) is 7.90. The maximum absolute atomic E-state index is 14.1. The summed E-state index contributed by atoms with van der Waals surface area (Å²) in [6.07, 6.45) is 5.01. The van der Waals surface area contributed by atoms with Crippen LogP contribution in [0, 0.1) is 17.7 Å². The van der Waals surface area contributed by atoms with Crippen molar-refractivity contribution in [2.24, 2.45) is 0 Å². The summed E-state index contributed by atoms with van der Waals surface area (Å²) in [5.74, 6) is 6.71. The Balaban J connectivity index is 1.70. The third kappa shape index (κ3) is 3.37. The lowest BCUT2D eigenvalue weighted by molar-refractivity contribution is 0.118. The molecule has 5 rings (SSSR count). The molecule has 1 aliphatic rings. The van der Waals surface area contributed by atoms with Crippen molar-refractivity contribution in [2.75, 3.05) is 11.4 Å². The van der Waals surface area contributed by atoms with Gasteiger partial charge in [-0.2, -0.15) is 4.98 Å². The van der Waals surface area contributed by atoms with Crippen molar-refractivity contribution in [2.45, 2.75) is 38.7 Å². The average molecular weight is 416 g/mol. The van der Waals surface area contributed by atoms with Gasteiger partial charge in [-0.05, 0) is 49.9 Å². The van der Waals surface area contributed by atoms with Gasteiger partial charge in [0.2, 0.25) is 0 Å². The first kappa shape index (κ1) is 19.4. The Labute approximate surface area is 178 Å². The molecule has 1 atom stereocenters. The molecule has 3 aromatic heterocycles. The topological polar surface area (TPSA) is 79.4 Å². The van der Waals surface area contributed by atoms with E-state index in [9.17, 15) is 9.50 Å². The van der Waals surface area contributed by atoms with E-state index in [4.69, 9.17) is 0 Å². The lowest BCUT2D eigenvalue weighted by atomic mass is 9.95. The molecular weight excluding hydrogens is 395 g/mol. The standard InChI is InChI=1S/C23H21FN6O/c1-3-23(2,31)10-9-15-6-4-8-19-17(15)7-5-11-29(19)21-18-12-16(24)13-25-20(18)30-14-26-28-22(30)27-21/h4,6,8,12-14,31H,3,5,7,11H2,1-2H3. The molecule has 0 amide bonds. The number of pyridine rings is 1. The van der Waals surface area contributed by atoms with Gasteiger partial charge in [-0.3, -0.25) is 0 Å². The summed E-state index contributed by atoms with van der Waals surface area (Å²) in [6.45, 7) is 4.34. The van der Waals surface area contributed by atoms with Crippen molar-refractivity contribution in [3.63, 3.8) is 0 Å². The molecule has 31 heavy (non-hydrogen) atoms. The lowest BCUT2D eigenvalue weighted by Crippen LogP contribution is -2.26. The third-order valence-electron chi connectivity index (χ3n) is 5.70. The van der Waals surface area contributed by atoms with Gasteiger partial charge in [0, 0.05) is 17.8 Å². The highest BCUT2D eigenvalue weighted by Gasteiger charge is 2.25. The van der Waals surface area contributed by atoms with Crippen LogP contribution in [0.15, 0.2) is 36.8 Å². The normalized spacial score (nSPS) is 15.4. The van der Waals surface area contributed by atoms with Crippen molar-refractivity contribution in [1.29, 1.82) is 0 Å². The predicted octanol–water partition coefficient (Wildman–Crippen LogP) is 3.41. The van der Waals surface area contributed by atoms with E-state index < -0.39 is 11.4 Å². The Morgan fingerprint density at radius 1 is 1.32 bits per heavy atom. The fourth-order valence-corrected chi connectivity index (χ4v) is 3.86. The van der Waals surface area contributed by atoms with Crippen LogP contribution in [0.3, 0.4) is 0 Å². The molecule has 0 saturated carbocycles. The van der Waals surface area contributed by atoms with E-state index in [1.165, 1.54) is 18.6 Å². The summed E-state index contributed by atoms with van der Waals surface area (Å²) in [6, 6.07) is 7.38. The van der Waals surface area contributed by atoms with Crippen LogP contribution in [0.1, 0.15) is 37.8 Å². The van der Waals surface area contributed by atoms with Crippen molar-refractivity contribution < 1.29 is 9.50 Å². The van der Waals surface area contributed by atoms with Crippen LogP contribution < -0.4 is 4.90 Å². The molecule has 4 aromatic rings. The first-order valence-electron chi connectivity index (χ1n) is 10.3. The summed E-state index contributed by atoms with van der Waals surface area (Å²) >= 11 is 0. The lowest BCUT2D eigenvalue weighted by Gasteiger charge is -2.31. The summed E-state index contributed by atoms with van der Waals surface area (Å²) in [5, 5.41) is 18.9. The quantitative estimate of drug-likeness (QED) is 0.505. The van der Waals surface area contributed by atoms with Crippen LogP contribution in [-0.4, -0.2) is 41.8 Å². The maximum atomic E-state index is 14.1. The van der Waals surface area contributed by atoms with Gasteiger partial charge >= 0.3 is 0 Å². The van der Waals surface area contributed by atoms with Crippen molar-refractivity contribution in [1.82, 2.24) is 24.6 Å². The monoisotopic (exact) mass is 416 g/mol.